The van der Waals surface area contributed by atoms with E-state index in [1.807, 2.05) is 6.08 Å². The van der Waals surface area contributed by atoms with Crippen LogP contribution in [0.25, 0.3) is 0 Å². The van der Waals surface area contributed by atoms with E-state index in [0.717, 1.165) is 83.5 Å². The largest absolute Gasteiger partial charge is 0.394 e. The number of unbranched alkanes of at least 4 members (excludes halogenated alkanes) is 26. The predicted octanol–water partition coefficient (Wildman–Crippen LogP) is 7.99. The molecule has 12 N–H and O–H groups in total. The highest BCUT2D eigenvalue weighted by molar-refractivity contribution is 5.76. The summed E-state index contributed by atoms with van der Waals surface area (Å²) in [4.78, 5) is 13.4. The molecule has 3 aliphatic heterocycles. The average molecular weight is 1230 g/mol. The molecule has 3 fully saturated rings. The highest BCUT2D eigenvalue weighted by atomic mass is 16.8. The second-order valence-corrected chi connectivity index (χ2v) is 23.9. The number of aliphatic hydroxyl groups excluding tert-OH is 11. The maximum atomic E-state index is 13.4. The molecule has 3 aliphatic rings. The zero-order valence-electron chi connectivity index (χ0n) is 52.5. The Bertz CT molecular complexity index is 1800. The molecule has 19 nitrogen and oxygen atoms in total. The molecule has 0 spiro atoms. The fourth-order valence-corrected chi connectivity index (χ4v) is 11.1. The summed E-state index contributed by atoms with van der Waals surface area (Å²) in [6.07, 6.45) is 32.0. The summed E-state index contributed by atoms with van der Waals surface area (Å²) in [6.45, 7) is 1.60. The van der Waals surface area contributed by atoms with Crippen molar-refractivity contribution >= 4 is 5.91 Å². The van der Waals surface area contributed by atoms with Crippen LogP contribution in [0.4, 0.5) is 0 Å². The van der Waals surface area contributed by atoms with E-state index in [1.165, 1.54) is 109 Å². The number of amides is 1. The zero-order valence-corrected chi connectivity index (χ0v) is 52.5. The lowest BCUT2D eigenvalue weighted by atomic mass is 9.96. The van der Waals surface area contributed by atoms with Gasteiger partial charge in [-0.3, -0.25) is 4.79 Å². The Morgan fingerprint density at radius 1 is 0.430 bits per heavy atom. The summed E-state index contributed by atoms with van der Waals surface area (Å²) >= 11 is 0. The van der Waals surface area contributed by atoms with Crippen LogP contribution in [0.5, 0.6) is 0 Å². The van der Waals surface area contributed by atoms with Crippen molar-refractivity contribution in [1.82, 2.24) is 5.32 Å². The van der Waals surface area contributed by atoms with Crippen molar-refractivity contribution in [3.63, 3.8) is 0 Å². The van der Waals surface area contributed by atoms with Gasteiger partial charge in [-0.25, -0.2) is 0 Å². The molecule has 1 amide bonds. The van der Waals surface area contributed by atoms with E-state index in [4.69, 9.17) is 28.4 Å². The van der Waals surface area contributed by atoms with Gasteiger partial charge in [-0.05, 0) is 64.2 Å². The SMILES string of the molecule is CC/C=C\C/C=C\C/C=C\CCCCCCCCCC(=O)NC(COC1OC(CO)C(OC2OC(CO)C(OC3OC(CO)C(O)C(O)C3O)C(O)C2O)C(O)C1O)C(O)/C=C/CC/C=C/CCCCCCCCCCCCCCCCCCCC. The first-order valence-corrected chi connectivity index (χ1v) is 33.5. The summed E-state index contributed by atoms with van der Waals surface area (Å²) in [7, 11) is 0. The Hall–Kier alpha value is -2.51. The third-order valence-corrected chi connectivity index (χ3v) is 16.5. The molecule has 0 aromatic heterocycles. The fourth-order valence-electron chi connectivity index (χ4n) is 11.1. The highest BCUT2D eigenvalue weighted by Gasteiger charge is 2.53. The molecule has 0 bridgehead atoms. The topological polar surface area (TPSA) is 307 Å². The van der Waals surface area contributed by atoms with Crippen LogP contribution in [0, 0.1) is 0 Å². The van der Waals surface area contributed by atoms with Crippen molar-refractivity contribution in [2.24, 2.45) is 0 Å². The minimum Gasteiger partial charge on any atom is -0.394 e. The van der Waals surface area contributed by atoms with Crippen LogP contribution in [-0.2, 0) is 33.2 Å². The number of aliphatic hydroxyl groups is 11. The van der Waals surface area contributed by atoms with Crippen LogP contribution in [0.1, 0.15) is 226 Å². The van der Waals surface area contributed by atoms with E-state index in [0.29, 0.717) is 12.8 Å². The molecule has 0 radical (unpaired) electrons. The first-order chi connectivity index (χ1) is 41.8. The van der Waals surface area contributed by atoms with Crippen LogP contribution < -0.4 is 5.32 Å². The van der Waals surface area contributed by atoms with Gasteiger partial charge in [-0.1, -0.05) is 216 Å². The van der Waals surface area contributed by atoms with E-state index in [2.05, 4.69) is 67.8 Å². The molecule has 500 valence electrons. The lowest BCUT2D eigenvalue weighted by Crippen LogP contribution is -2.66. The maximum absolute atomic E-state index is 13.4. The number of carbonyl (C=O) groups excluding carboxylic acids is 1. The molecule has 3 heterocycles. The van der Waals surface area contributed by atoms with Gasteiger partial charge < -0.3 is 89.9 Å². The Balaban J connectivity index is 1.47. The molecule has 0 aromatic rings. The Morgan fingerprint density at radius 2 is 0.814 bits per heavy atom. The standard InChI is InChI=1S/C67H119NO18/c1-3-5-7-9-11-13-15-17-19-21-22-23-24-25-26-27-29-30-32-34-36-38-40-42-44-51(72)50(68-55(73)45-43-41-39-37-35-33-31-28-20-18-16-14-12-10-8-6-4-2)49-81-65-61(79)58(76)63(53(47-70)83-65)86-67-62(80)59(77)64(54(48-71)84-67)85-66-60(78)57(75)56(74)52(46-69)82-66/h6,8,12,14,18,20,34,36,42,44,50-54,56-67,69-72,74-80H,3-5,7,9-11,13,15-17,19,21-33,35,37-41,43,45-49H2,1-2H3,(H,68,73)/b8-6-,14-12-,20-18-,36-34+,44-42+. The molecule has 19 heteroatoms. The Labute approximate surface area is 515 Å². The molecule has 0 aliphatic carbocycles. The molecular formula is C67H119NO18. The van der Waals surface area contributed by atoms with Crippen LogP contribution in [0.3, 0.4) is 0 Å². The number of hydrogen-bond acceptors (Lipinski definition) is 18. The van der Waals surface area contributed by atoms with Gasteiger partial charge in [0, 0.05) is 6.42 Å². The predicted molar refractivity (Wildman–Crippen MR) is 332 cm³/mol. The molecule has 86 heavy (non-hydrogen) atoms. The monoisotopic (exact) mass is 1230 g/mol. The van der Waals surface area contributed by atoms with Gasteiger partial charge in [0.05, 0.1) is 38.6 Å². The van der Waals surface area contributed by atoms with Gasteiger partial charge in [-0.2, -0.15) is 0 Å². The third kappa shape index (κ3) is 31.5. The van der Waals surface area contributed by atoms with Crippen molar-refractivity contribution < 1.29 is 89.4 Å². The van der Waals surface area contributed by atoms with Gasteiger partial charge in [-0.15, -0.1) is 0 Å². The van der Waals surface area contributed by atoms with E-state index in [1.54, 1.807) is 6.08 Å². The Morgan fingerprint density at radius 3 is 1.30 bits per heavy atom. The summed E-state index contributed by atoms with van der Waals surface area (Å²) < 4.78 is 34.3. The van der Waals surface area contributed by atoms with Crippen LogP contribution in [0.2, 0.25) is 0 Å². The summed E-state index contributed by atoms with van der Waals surface area (Å²) in [5.74, 6) is -0.297. The molecule has 0 saturated carbocycles. The summed E-state index contributed by atoms with van der Waals surface area (Å²) in [5, 5.41) is 120. The quantitative estimate of drug-likeness (QED) is 0.0203. The van der Waals surface area contributed by atoms with E-state index >= 15 is 0 Å². The molecule has 3 saturated heterocycles. The van der Waals surface area contributed by atoms with Gasteiger partial charge in [0.1, 0.15) is 73.2 Å². The van der Waals surface area contributed by atoms with E-state index < -0.39 is 124 Å². The highest BCUT2D eigenvalue weighted by Crippen LogP contribution is 2.33. The van der Waals surface area contributed by atoms with Crippen molar-refractivity contribution in [3.8, 4) is 0 Å². The number of carbonyl (C=O) groups is 1. The third-order valence-electron chi connectivity index (χ3n) is 16.5. The lowest BCUT2D eigenvalue weighted by molar-refractivity contribution is -0.379. The van der Waals surface area contributed by atoms with E-state index in [9.17, 15) is 61.0 Å². The molecule has 17 atom stereocenters. The van der Waals surface area contributed by atoms with Crippen LogP contribution in [0.15, 0.2) is 60.8 Å². The minimum absolute atomic E-state index is 0.222. The number of nitrogens with one attached hydrogen (secondary N) is 1. The Kier molecular flexibility index (Phi) is 44.5. The summed E-state index contributed by atoms with van der Waals surface area (Å²) in [6, 6.07) is -0.998. The molecule has 3 rings (SSSR count). The molecule has 0 aromatic carbocycles. The number of hydrogen-bond donors (Lipinski definition) is 12. The lowest BCUT2D eigenvalue weighted by Gasteiger charge is -2.48. The first kappa shape index (κ1) is 77.7. The number of allylic oxidation sites excluding steroid dienone is 9. The first-order valence-electron chi connectivity index (χ1n) is 33.5. The smallest absolute Gasteiger partial charge is 0.220 e. The average Bonchev–Trinajstić information content (AvgIpc) is 2.24. The van der Waals surface area contributed by atoms with E-state index in [-0.39, 0.29) is 18.9 Å². The number of ether oxygens (including phenoxy) is 6. The maximum Gasteiger partial charge on any atom is 0.220 e. The van der Waals surface area contributed by atoms with Crippen LogP contribution in [-0.4, -0.2) is 193 Å². The zero-order chi connectivity index (χ0) is 62.6. The molecular weight excluding hydrogens is 1110 g/mol. The molecule has 17 unspecified atom stereocenters. The van der Waals surface area contributed by atoms with Crippen LogP contribution >= 0.6 is 0 Å². The fraction of sp³-hybridized carbons (Fsp3) is 0.836. The van der Waals surface area contributed by atoms with Crippen molar-refractivity contribution in [2.75, 3.05) is 26.4 Å². The van der Waals surface area contributed by atoms with Crippen molar-refractivity contribution in [2.45, 2.75) is 330 Å². The second-order valence-electron chi connectivity index (χ2n) is 23.9. The second kappa shape index (κ2) is 49.2. The summed E-state index contributed by atoms with van der Waals surface area (Å²) in [5.41, 5.74) is 0. The number of rotatable bonds is 50. The van der Waals surface area contributed by atoms with Gasteiger partial charge >= 0.3 is 0 Å². The minimum atomic E-state index is -1.98. The van der Waals surface area contributed by atoms with Gasteiger partial charge in [0.2, 0.25) is 5.91 Å². The van der Waals surface area contributed by atoms with Crippen molar-refractivity contribution in [1.29, 1.82) is 0 Å². The van der Waals surface area contributed by atoms with Gasteiger partial charge in [0.25, 0.3) is 0 Å². The normalized spacial score (nSPS) is 29.2. The van der Waals surface area contributed by atoms with Gasteiger partial charge in [0.15, 0.2) is 18.9 Å². The van der Waals surface area contributed by atoms with Crippen molar-refractivity contribution in [3.05, 3.63) is 60.8 Å².